The molecule has 0 aliphatic carbocycles. The topological polar surface area (TPSA) is 56.8 Å². The number of benzene rings is 4. The van der Waals surface area contributed by atoms with Crippen LogP contribution in [0.25, 0.3) is 21.9 Å². The zero-order chi connectivity index (χ0) is 23.2. The van der Waals surface area contributed by atoms with Gasteiger partial charge in [0, 0.05) is 28.4 Å². The molecular weight excluding hydrogens is 482 g/mol. The Morgan fingerprint density at radius 1 is 0.818 bits per heavy atom. The first-order valence-corrected chi connectivity index (χ1v) is 11.6. The van der Waals surface area contributed by atoms with Crippen molar-refractivity contribution in [3.05, 3.63) is 78.9 Å². The zero-order valence-corrected chi connectivity index (χ0v) is 20.0. The fourth-order valence-electron chi connectivity index (χ4n) is 3.55. The van der Waals surface area contributed by atoms with E-state index in [9.17, 15) is 4.79 Å². The standard InChI is InChI=1S/C27H24BrNO4/c1-31-21-8-3-18(4-9-21)24-13-5-19-17-23(32-2)12-14-25(19)27(24)33-22-10-6-20(7-11-22)29-26(30)15-16-28/h3-14,17H,15-16H2,1-2H3,(H,29,30). The largest absolute Gasteiger partial charge is 0.497 e. The number of alkyl halides is 1. The van der Waals surface area contributed by atoms with Gasteiger partial charge in [0.2, 0.25) is 5.91 Å². The molecule has 6 heteroatoms. The molecule has 0 radical (unpaired) electrons. The smallest absolute Gasteiger partial charge is 0.225 e. The average Bonchev–Trinajstić information content (AvgIpc) is 2.85. The molecule has 5 nitrogen and oxygen atoms in total. The molecule has 0 saturated heterocycles. The molecule has 0 aliphatic heterocycles. The summed E-state index contributed by atoms with van der Waals surface area (Å²) in [4.78, 5) is 11.8. The van der Waals surface area contributed by atoms with Crippen molar-refractivity contribution in [3.8, 4) is 34.1 Å². The Morgan fingerprint density at radius 2 is 1.48 bits per heavy atom. The number of amides is 1. The minimum atomic E-state index is -0.0367. The van der Waals surface area contributed by atoms with E-state index in [1.54, 1.807) is 14.2 Å². The fourth-order valence-corrected chi connectivity index (χ4v) is 3.91. The lowest BCUT2D eigenvalue weighted by Gasteiger charge is -2.16. The molecule has 4 aromatic rings. The van der Waals surface area contributed by atoms with E-state index in [4.69, 9.17) is 14.2 Å². The van der Waals surface area contributed by atoms with Crippen LogP contribution in [0.2, 0.25) is 0 Å². The molecule has 0 bridgehead atoms. The van der Waals surface area contributed by atoms with Crippen molar-refractivity contribution in [2.24, 2.45) is 0 Å². The van der Waals surface area contributed by atoms with E-state index in [0.29, 0.717) is 17.5 Å². The van der Waals surface area contributed by atoms with E-state index in [-0.39, 0.29) is 5.91 Å². The van der Waals surface area contributed by atoms with Gasteiger partial charge in [-0.2, -0.15) is 0 Å². The maximum atomic E-state index is 11.8. The molecule has 1 amide bonds. The molecule has 1 N–H and O–H groups in total. The van der Waals surface area contributed by atoms with Gasteiger partial charge in [0.05, 0.1) is 14.2 Å². The van der Waals surface area contributed by atoms with E-state index in [1.807, 2.05) is 72.8 Å². The van der Waals surface area contributed by atoms with Crippen LogP contribution in [-0.2, 0) is 4.79 Å². The normalized spacial score (nSPS) is 10.6. The fraction of sp³-hybridized carbons (Fsp3) is 0.148. The highest BCUT2D eigenvalue weighted by Gasteiger charge is 2.14. The van der Waals surface area contributed by atoms with Gasteiger partial charge in [-0.3, -0.25) is 4.79 Å². The summed E-state index contributed by atoms with van der Waals surface area (Å²) in [6.45, 7) is 0. The summed E-state index contributed by atoms with van der Waals surface area (Å²) in [5, 5.41) is 5.48. The number of halogens is 1. The Bertz CT molecular complexity index is 1250. The second-order valence-electron chi connectivity index (χ2n) is 7.37. The average molecular weight is 506 g/mol. The summed E-state index contributed by atoms with van der Waals surface area (Å²) in [7, 11) is 3.31. The molecule has 0 saturated carbocycles. The Balaban J connectivity index is 1.72. The van der Waals surface area contributed by atoms with Gasteiger partial charge < -0.3 is 19.5 Å². The number of carbonyl (C=O) groups is 1. The molecule has 4 rings (SSSR count). The third-order valence-electron chi connectivity index (χ3n) is 5.26. The van der Waals surface area contributed by atoms with Crippen LogP contribution >= 0.6 is 15.9 Å². The molecule has 168 valence electrons. The number of hydrogen-bond donors (Lipinski definition) is 1. The maximum absolute atomic E-state index is 11.8. The molecule has 0 spiro atoms. The van der Waals surface area contributed by atoms with E-state index < -0.39 is 0 Å². The number of carbonyl (C=O) groups excluding carboxylic acids is 1. The predicted molar refractivity (Wildman–Crippen MR) is 136 cm³/mol. The van der Waals surface area contributed by atoms with Crippen LogP contribution in [0.15, 0.2) is 78.9 Å². The molecule has 0 aromatic heterocycles. The Labute approximate surface area is 201 Å². The monoisotopic (exact) mass is 505 g/mol. The van der Waals surface area contributed by atoms with E-state index >= 15 is 0 Å². The van der Waals surface area contributed by atoms with Gasteiger partial charge in [-0.25, -0.2) is 0 Å². The minimum Gasteiger partial charge on any atom is -0.497 e. The van der Waals surface area contributed by atoms with Crippen LogP contribution in [0.3, 0.4) is 0 Å². The summed E-state index contributed by atoms with van der Waals surface area (Å²) in [5.41, 5.74) is 2.71. The third kappa shape index (κ3) is 5.29. The van der Waals surface area contributed by atoms with E-state index in [2.05, 4.69) is 27.3 Å². The molecule has 0 atom stereocenters. The summed E-state index contributed by atoms with van der Waals surface area (Å²) >= 11 is 3.28. The maximum Gasteiger partial charge on any atom is 0.225 e. The highest BCUT2D eigenvalue weighted by molar-refractivity contribution is 9.09. The highest BCUT2D eigenvalue weighted by Crippen LogP contribution is 2.41. The van der Waals surface area contributed by atoms with Gasteiger partial charge in [0.15, 0.2) is 0 Å². The van der Waals surface area contributed by atoms with Crippen molar-refractivity contribution in [2.45, 2.75) is 6.42 Å². The Kier molecular flexibility index (Phi) is 7.15. The number of nitrogens with one attached hydrogen (secondary N) is 1. The van der Waals surface area contributed by atoms with Crippen LogP contribution in [-0.4, -0.2) is 25.5 Å². The molecule has 0 fully saturated rings. The lowest BCUT2D eigenvalue weighted by Crippen LogP contribution is -2.11. The summed E-state index contributed by atoms with van der Waals surface area (Å²) in [6, 6.07) is 25.3. The van der Waals surface area contributed by atoms with Gasteiger partial charge >= 0.3 is 0 Å². The highest BCUT2D eigenvalue weighted by atomic mass is 79.9. The molecule has 0 heterocycles. The quantitative estimate of drug-likeness (QED) is 0.261. The van der Waals surface area contributed by atoms with Crippen molar-refractivity contribution in [3.63, 3.8) is 0 Å². The number of fused-ring (bicyclic) bond motifs is 1. The van der Waals surface area contributed by atoms with Gasteiger partial charge in [-0.1, -0.05) is 34.1 Å². The van der Waals surface area contributed by atoms with Crippen LogP contribution in [0, 0.1) is 0 Å². The Hall–Kier alpha value is -3.51. The molecule has 0 unspecified atom stereocenters. The number of rotatable bonds is 8. The lowest BCUT2D eigenvalue weighted by atomic mass is 9.99. The van der Waals surface area contributed by atoms with Crippen LogP contribution in [0.4, 0.5) is 5.69 Å². The van der Waals surface area contributed by atoms with Crippen LogP contribution < -0.4 is 19.5 Å². The first-order chi connectivity index (χ1) is 16.1. The number of methoxy groups -OCH3 is 2. The second kappa shape index (κ2) is 10.4. The van der Waals surface area contributed by atoms with E-state index in [1.165, 1.54) is 0 Å². The van der Waals surface area contributed by atoms with Crippen molar-refractivity contribution in [2.75, 3.05) is 24.9 Å². The Morgan fingerprint density at radius 3 is 2.15 bits per heavy atom. The summed E-state index contributed by atoms with van der Waals surface area (Å²) in [6.07, 6.45) is 0.420. The molecule has 0 aliphatic rings. The first kappa shape index (κ1) is 22.7. The van der Waals surface area contributed by atoms with Gasteiger partial charge in [0.1, 0.15) is 23.0 Å². The summed E-state index contributed by atoms with van der Waals surface area (Å²) < 4.78 is 17.1. The second-order valence-corrected chi connectivity index (χ2v) is 8.16. The SMILES string of the molecule is COc1ccc(-c2ccc3cc(OC)ccc3c2Oc2ccc(NC(=O)CCBr)cc2)cc1. The van der Waals surface area contributed by atoms with Crippen molar-refractivity contribution < 1.29 is 19.0 Å². The first-order valence-electron chi connectivity index (χ1n) is 10.5. The molecule has 33 heavy (non-hydrogen) atoms. The van der Waals surface area contributed by atoms with Crippen LogP contribution in [0.5, 0.6) is 23.0 Å². The van der Waals surface area contributed by atoms with Crippen LogP contribution in [0.1, 0.15) is 6.42 Å². The lowest BCUT2D eigenvalue weighted by molar-refractivity contribution is -0.115. The van der Waals surface area contributed by atoms with Gasteiger partial charge in [-0.05, 0) is 71.6 Å². The van der Waals surface area contributed by atoms with Gasteiger partial charge in [-0.15, -0.1) is 0 Å². The number of ether oxygens (including phenoxy) is 3. The number of hydrogen-bond acceptors (Lipinski definition) is 4. The van der Waals surface area contributed by atoms with E-state index in [0.717, 1.165) is 44.8 Å². The van der Waals surface area contributed by atoms with Gasteiger partial charge in [0.25, 0.3) is 0 Å². The predicted octanol–water partition coefficient (Wildman–Crippen LogP) is 7.04. The van der Waals surface area contributed by atoms with Crippen molar-refractivity contribution in [1.82, 2.24) is 0 Å². The third-order valence-corrected chi connectivity index (χ3v) is 5.65. The van der Waals surface area contributed by atoms with Crippen molar-refractivity contribution >= 4 is 38.3 Å². The zero-order valence-electron chi connectivity index (χ0n) is 18.4. The molecular formula is C27H24BrNO4. The minimum absolute atomic E-state index is 0.0367. The van der Waals surface area contributed by atoms with Crippen molar-refractivity contribution in [1.29, 1.82) is 0 Å². The summed E-state index contributed by atoms with van der Waals surface area (Å²) in [5.74, 6) is 2.96. The molecule has 4 aromatic carbocycles. The number of anilines is 1.